The molecule has 0 unspecified atom stereocenters. The van der Waals surface area contributed by atoms with Gasteiger partial charge in [0.05, 0.1) is 0 Å². The Hall–Kier alpha value is -1.84. The smallest absolute Gasteiger partial charge is 0.119 e. The van der Waals surface area contributed by atoms with Gasteiger partial charge in [0.1, 0.15) is 12.4 Å². The molecule has 22 heavy (non-hydrogen) atoms. The molecule has 0 saturated heterocycles. The van der Waals surface area contributed by atoms with Crippen molar-refractivity contribution in [2.45, 2.75) is 6.61 Å². The van der Waals surface area contributed by atoms with Crippen molar-refractivity contribution in [2.75, 3.05) is 0 Å². The van der Waals surface area contributed by atoms with E-state index in [0.717, 1.165) is 20.5 Å². The summed E-state index contributed by atoms with van der Waals surface area (Å²) >= 11 is 3.46. The first-order valence-corrected chi connectivity index (χ1v) is 9.04. The maximum atomic E-state index is 5.85. The van der Waals surface area contributed by atoms with Gasteiger partial charge in [0, 0.05) is 14.7 Å². The lowest BCUT2D eigenvalue weighted by atomic mass is 10.1. The van der Waals surface area contributed by atoms with Crippen molar-refractivity contribution in [2.24, 2.45) is 0 Å². The van der Waals surface area contributed by atoms with Gasteiger partial charge in [-0.25, -0.2) is 0 Å². The first-order valence-electron chi connectivity index (χ1n) is 7.25. The lowest BCUT2D eigenvalue weighted by Crippen LogP contribution is -2.02. The molecule has 3 aromatic carbocycles. The van der Waals surface area contributed by atoms with Gasteiger partial charge in [-0.2, -0.15) is 0 Å². The van der Waals surface area contributed by atoms with Crippen LogP contribution in [-0.2, 0) is 6.61 Å². The highest BCUT2D eigenvalue weighted by atomic mass is 79.9. The van der Waals surface area contributed by atoms with Crippen molar-refractivity contribution in [1.82, 2.24) is 0 Å². The minimum absolute atomic E-state index is 0.611. The third-order valence-corrected chi connectivity index (χ3v) is 4.75. The summed E-state index contributed by atoms with van der Waals surface area (Å²) in [5.74, 6) is 0.899. The maximum Gasteiger partial charge on any atom is 0.119 e. The Kier molecular flexibility index (Phi) is 4.76. The molecule has 0 amide bonds. The standard InChI is InChI=1S/C19H17BrOSi/c20-17-7-3-15(4-8-17)16-5-9-18(10-6-16)21-13-14-1-11-19(22)12-2-14/h1-12H,13H2,22H3. The molecule has 1 nitrogen and oxygen atoms in total. The Bertz CT molecular complexity index is 734. The highest BCUT2D eigenvalue weighted by Gasteiger charge is 2.00. The Morgan fingerprint density at radius 3 is 1.86 bits per heavy atom. The van der Waals surface area contributed by atoms with E-state index in [1.807, 2.05) is 12.1 Å². The predicted molar refractivity (Wildman–Crippen MR) is 99.9 cm³/mol. The number of hydrogen-bond acceptors (Lipinski definition) is 1. The lowest BCUT2D eigenvalue weighted by molar-refractivity contribution is 0.306. The van der Waals surface area contributed by atoms with Crippen LogP contribution in [0.15, 0.2) is 77.3 Å². The number of hydrogen-bond donors (Lipinski definition) is 0. The van der Waals surface area contributed by atoms with Gasteiger partial charge in [0.2, 0.25) is 0 Å². The number of halogens is 1. The topological polar surface area (TPSA) is 9.23 Å². The SMILES string of the molecule is [SiH3]c1ccc(COc2ccc(-c3ccc(Br)cc3)cc2)cc1. The molecule has 0 aromatic heterocycles. The summed E-state index contributed by atoms with van der Waals surface area (Å²) in [4.78, 5) is 0. The van der Waals surface area contributed by atoms with E-state index in [1.165, 1.54) is 21.9 Å². The molecule has 0 aliphatic heterocycles. The summed E-state index contributed by atoms with van der Waals surface area (Å²) in [6.07, 6.45) is 0. The van der Waals surface area contributed by atoms with E-state index in [1.54, 1.807) is 0 Å². The highest BCUT2D eigenvalue weighted by Crippen LogP contribution is 2.24. The van der Waals surface area contributed by atoms with Gasteiger partial charge >= 0.3 is 0 Å². The summed E-state index contributed by atoms with van der Waals surface area (Å²) in [6.45, 7) is 0.611. The average Bonchev–Trinajstić information content (AvgIpc) is 2.56. The summed E-state index contributed by atoms with van der Waals surface area (Å²) in [6, 6.07) is 25.2. The van der Waals surface area contributed by atoms with E-state index >= 15 is 0 Å². The average molecular weight is 369 g/mol. The fraction of sp³-hybridized carbons (Fsp3) is 0.0526. The van der Waals surface area contributed by atoms with Gasteiger partial charge in [0.15, 0.2) is 0 Å². The second-order valence-corrected chi connectivity index (χ2v) is 7.38. The molecule has 0 saturated carbocycles. The molecule has 3 aromatic rings. The molecule has 0 bridgehead atoms. The molecule has 0 fully saturated rings. The van der Waals surface area contributed by atoms with Crippen molar-refractivity contribution in [3.63, 3.8) is 0 Å². The van der Waals surface area contributed by atoms with Gasteiger partial charge < -0.3 is 4.74 Å². The van der Waals surface area contributed by atoms with E-state index < -0.39 is 0 Å². The van der Waals surface area contributed by atoms with Crippen molar-refractivity contribution in [3.05, 3.63) is 82.8 Å². The first kappa shape index (κ1) is 15.1. The van der Waals surface area contributed by atoms with E-state index in [9.17, 15) is 0 Å². The van der Waals surface area contributed by atoms with Gasteiger partial charge in [-0.15, -0.1) is 0 Å². The fourth-order valence-corrected chi connectivity index (χ4v) is 2.83. The first-order chi connectivity index (χ1) is 10.7. The van der Waals surface area contributed by atoms with Crippen LogP contribution < -0.4 is 9.92 Å². The zero-order chi connectivity index (χ0) is 15.4. The minimum Gasteiger partial charge on any atom is -0.489 e. The van der Waals surface area contributed by atoms with Crippen LogP contribution in [0.3, 0.4) is 0 Å². The molecular formula is C19H17BrOSi. The molecule has 0 radical (unpaired) electrons. The van der Waals surface area contributed by atoms with Gasteiger partial charge in [0.25, 0.3) is 0 Å². The molecule has 0 spiro atoms. The largest absolute Gasteiger partial charge is 0.489 e. The molecule has 0 heterocycles. The Morgan fingerprint density at radius 2 is 1.27 bits per heavy atom. The quantitative estimate of drug-likeness (QED) is 0.638. The number of ether oxygens (including phenoxy) is 1. The summed E-state index contributed by atoms with van der Waals surface area (Å²) in [5.41, 5.74) is 3.61. The number of rotatable bonds is 4. The zero-order valence-electron chi connectivity index (χ0n) is 12.4. The van der Waals surface area contributed by atoms with Crippen molar-refractivity contribution in [1.29, 1.82) is 0 Å². The summed E-state index contributed by atoms with van der Waals surface area (Å²) in [5, 5.41) is 1.41. The molecule has 110 valence electrons. The highest BCUT2D eigenvalue weighted by molar-refractivity contribution is 9.10. The summed E-state index contributed by atoms with van der Waals surface area (Å²) < 4.78 is 6.94. The van der Waals surface area contributed by atoms with Crippen LogP contribution >= 0.6 is 15.9 Å². The fourth-order valence-electron chi connectivity index (χ4n) is 2.24. The molecular weight excluding hydrogens is 352 g/mol. The van der Waals surface area contributed by atoms with E-state index in [-0.39, 0.29) is 0 Å². The van der Waals surface area contributed by atoms with E-state index in [4.69, 9.17) is 4.74 Å². The molecule has 0 aliphatic rings. The normalized spacial score (nSPS) is 10.6. The third kappa shape index (κ3) is 3.87. The summed E-state index contributed by atoms with van der Waals surface area (Å²) in [7, 11) is 1.09. The van der Waals surface area contributed by atoms with Crippen LogP contribution in [0.2, 0.25) is 0 Å². The Labute approximate surface area is 142 Å². The van der Waals surface area contributed by atoms with Crippen molar-refractivity contribution < 1.29 is 4.74 Å². The molecule has 0 atom stereocenters. The van der Waals surface area contributed by atoms with Crippen LogP contribution in [0, 0.1) is 0 Å². The minimum atomic E-state index is 0.611. The third-order valence-electron chi connectivity index (χ3n) is 3.56. The molecule has 0 aliphatic carbocycles. The van der Waals surface area contributed by atoms with E-state index in [0.29, 0.717) is 6.61 Å². The van der Waals surface area contributed by atoms with Crippen LogP contribution in [0.1, 0.15) is 5.56 Å². The lowest BCUT2D eigenvalue weighted by Gasteiger charge is -2.08. The van der Waals surface area contributed by atoms with Crippen molar-refractivity contribution in [3.8, 4) is 16.9 Å². The molecule has 3 heteroatoms. The zero-order valence-corrected chi connectivity index (χ0v) is 16.0. The van der Waals surface area contributed by atoms with E-state index in [2.05, 4.69) is 76.6 Å². The number of benzene rings is 3. The van der Waals surface area contributed by atoms with Crippen LogP contribution in [0.5, 0.6) is 5.75 Å². The maximum absolute atomic E-state index is 5.85. The Morgan fingerprint density at radius 1 is 0.727 bits per heavy atom. The second kappa shape index (κ2) is 6.94. The van der Waals surface area contributed by atoms with Crippen LogP contribution in [0.25, 0.3) is 11.1 Å². The van der Waals surface area contributed by atoms with Gasteiger partial charge in [-0.1, -0.05) is 69.6 Å². The molecule has 3 rings (SSSR count). The van der Waals surface area contributed by atoms with Crippen LogP contribution in [0.4, 0.5) is 0 Å². The van der Waals surface area contributed by atoms with Crippen LogP contribution in [-0.4, -0.2) is 10.2 Å². The second-order valence-electron chi connectivity index (χ2n) is 5.31. The Balaban J connectivity index is 1.66. The molecule has 0 N–H and O–H groups in total. The van der Waals surface area contributed by atoms with Gasteiger partial charge in [-0.3, -0.25) is 0 Å². The van der Waals surface area contributed by atoms with Gasteiger partial charge in [-0.05, 0) is 41.0 Å². The predicted octanol–water partition coefficient (Wildman–Crippen LogP) is 3.69. The van der Waals surface area contributed by atoms with Crippen molar-refractivity contribution >= 4 is 31.4 Å². The monoisotopic (exact) mass is 368 g/mol.